The van der Waals surface area contributed by atoms with Crippen LogP contribution >= 0.6 is 7.82 Å². The highest BCUT2D eigenvalue weighted by Crippen LogP contribution is 2.43. The lowest BCUT2D eigenvalue weighted by atomic mass is 10.0. The van der Waals surface area contributed by atoms with E-state index >= 15 is 0 Å². The number of carbonyl (C=O) groups is 2. The molecule has 0 aromatic carbocycles. The van der Waals surface area contributed by atoms with Crippen molar-refractivity contribution in [2.45, 2.75) is 187 Å². The lowest BCUT2D eigenvalue weighted by Gasteiger charge is -2.20. The third-order valence-corrected chi connectivity index (χ3v) is 9.31. The number of aliphatic hydroxyl groups excluding tert-OH is 2. The molecular formula is C39H73O10P. The maximum atomic E-state index is 12.5. The molecule has 0 rings (SSSR count). The van der Waals surface area contributed by atoms with Crippen LogP contribution in [-0.4, -0.2) is 65.7 Å². The molecule has 11 heteroatoms. The topological polar surface area (TPSA) is 149 Å². The van der Waals surface area contributed by atoms with Gasteiger partial charge in [-0.3, -0.25) is 18.6 Å². The fourth-order valence-electron chi connectivity index (χ4n) is 5.24. The second-order valence-electron chi connectivity index (χ2n) is 13.3. The van der Waals surface area contributed by atoms with Gasteiger partial charge in [0.25, 0.3) is 0 Å². The minimum Gasteiger partial charge on any atom is -0.462 e. The molecule has 294 valence electrons. The second kappa shape index (κ2) is 35.8. The molecule has 0 saturated heterocycles. The van der Waals surface area contributed by atoms with Crippen LogP contribution in [0.5, 0.6) is 0 Å². The van der Waals surface area contributed by atoms with Crippen molar-refractivity contribution in [1.29, 1.82) is 0 Å². The molecule has 0 saturated carbocycles. The molecule has 50 heavy (non-hydrogen) atoms. The zero-order chi connectivity index (χ0) is 37.0. The summed E-state index contributed by atoms with van der Waals surface area (Å²) in [6, 6.07) is 0. The van der Waals surface area contributed by atoms with Crippen molar-refractivity contribution in [3.63, 3.8) is 0 Å². The number of hydrogen-bond donors (Lipinski definition) is 3. The minimum atomic E-state index is -4.61. The largest absolute Gasteiger partial charge is 0.472 e. The van der Waals surface area contributed by atoms with Gasteiger partial charge in [-0.05, 0) is 38.5 Å². The van der Waals surface area contributed by atoms with Gasteiger partial charge in [-0.25, -0.2) is 4.57 Å². The number of rotatable bonds is 37. The van der Waals surface area contributed by atoms with Crippen molar-refractivity contribution in [2.24, 2.45) is 0 Å². The molecule has 3 N–H and O–H groups in total. The summed E-state index contributed by atoms with van der Waals surface area (Å²) in [5.41, 5.74) is 0. The van der Waals surface area contributed by atoms with E-state index in [2.05, 4.69) is 42.7 Å². The number of hydrogen-bond acceptors (Lipinski definition) is 9. The Labute approximate surface area is 304 Å². The van der Waals surface area contributed by atoms with Gasteiger partial charge in [0, 0.05) is 12.8 Å². The van der Waals surface area contributed by atoms with Gasteiger partial charge in [-0.1, -0.05) is 147 Å². The maximum Gasteiger partial charge on any atom is 0.472 e. The van der Waals surface area contributed by atoms with E-state index in [1.165, 1.54) is 70.6 Å². The van der Waals surface area contributed by atoms with Gasteiger partial charge in [0.05, 0.1) is 19.8 Å². The highest BCUT2D eigenvalue weighted by Gasteiger charge is 2.27. The molecule has 0 spiro atoms. The summed E-state index contributed by atoms with van der Waals surface area (Å²) in [5, 5.41) is 18.3. The van der Waals surface area contributed by atoms with Crippen molar-refractivity contribution >= 4 is 19.8 Å². The molecule has 1 unspecified atom stereocenters. The SMILES string of the molecule is CCCC/C=C\C/C=C\CCCCCCCC(=O)O[C@H](COC(=O)CCCCCCCCCCCCCCC)COP(=O)(O)OC[C@@H](O)CO. The van der Waals surface area contributed by atoms with E-state index in [0.29, 0.717) is 12.8 Å². The zero-order valence-electron chi connectivity index (χ0n) is 31.6. The van der Waals surface area contributed by atoms with E-state index in [0.717, 1.165) is 64.2 Å². The van der Waals surface area contributed by atoms with Gasteiger partial charge >= 0.3 is 19.8 Å². The summed E-state index contributed by atoms with van der Waals surface area (Å²) in [6.45, 7) is 2.32. The lowest BCUT2D eigenvalue weighted by Crippen LogP contribution is -2.29. The molecule has 0 radical (unpaired) electrons. The molecule has 0 aliphatic heterocycles. The summed E-state index contributed by atoms with van der Waals surface area (Å²) in [4.78, 5) is 34.8. The van der Waals surface area contributed by atoms with Crippen LogP contribution in [0.25, 0.3) is 0 Å². The Balaban J connectivity index is 4.37. The van der Waals surface area contributed by atoms with Gasteiger partial charge in [0.1, 0.15) is 12.7 Å². The Morgan fingerprint density at radius 2 is 1.06 bits per heavy atom. The number of esters is 2. The van der Waals surface area contributed by atoms with Crippen LogP contribution in [0.2, 0.25) is 0 Å². The van der Waals surface area contributed by atoms with Crippen LogP contribution in [0, 0.1) is 0 Å². The molecule has 0 bridgehead atoms. The summed E-state index contributed by atoms with van der Waals surface area (Å²) in [5.74, 6) is -0.938. The van der Waals surface area contributed by atoms with Gasteiger partial charge in [0.15, 0.2) is 6.10 Å². The Kier molecular flexibility index (Phi) is 34.7. The molecule has 0 aromatic rings. The first-order valence-corrected chi connectivity index (χ1v) is 21.3. The van der Waals surface area contributed by atoms with Crippen molar-refractivity contribution in [2.75, 3.05) is 26.4 Å². The highest BCUT2D eigenvalue weighted by molar-refractivity contribution is 7.47. The van der Waals surface area contributed by atoms with Crippen molar-refractivity contribution in [3.05, 3.63) is 24.3 Å². The third kappa shape index (κ3) is 34.9. The molecule has 0 aliphatic carbocycles. The van der Waals surface area contributed by atoms with Gasteiger partial charge in [-0.2, -0.15) is 0 Å². The lowest BCUT2D eigenvalue weighted by molar-refractivity contribution is -0.161. The smallest absolute Gasteiger partial charge is 0.462 e. The number of unbranched alkanes of at least 4 members (excludes halogenated alkanes) is 19. The number of phosphoric ester groups is 1. The molecule has 0 fully saturated rings. The van der Waals surface area contributed by atoms with Crippen LogP contribution in [0.3, 0.4) is 0 Å². The summed E-state index contributed by atoms with van der Waals surface area (Å²) in [6.07, 6.45) is 32.8. The first-order valence-electron chi connectivity index (χ1n) is 19.8. The number of ether oxygens (including phenoxy) is 2. The van der Waals surface area contributed by atoms with E-state index in [1.807, 2.05) is 0 Å². The van der Waals surface area contributed by atoms with Crippen molar-refractivity contribution in [1.82, 2.24) is 0 Å². The molecule has 0 heterocycles. The first kappa shape index (κ1) is 48.5. The molecule has 0 aromatic heterocycles. The molecule has 3 atom stereocenters. The summed E-state index contributed by atoms with van der Waals surface area (Å²) >= 11 is 0. The van der Waals surface area contributed by atoms with Crippen LogP contribution in [0.15, 0.2) is 24.3 Å². The predicted octanol–water partition coefficient (Wildman–Crippen LogP) is 9.83. The third-order valence-electron chi connectivity index (χ3n) is 8.36. The first-order chi connectivity index (χ1) is 24.2. The molecular weight excluding hydrogens is 659 g/mol. The van der Waals surface area contributed by atoms with Crippen LogP contribution in [0.1, 0.15) is 174 Å². The highest BCUT2D eigenvalue weighted by atomic mass is 31.2. The normalized spacial score (nSPS) is 14.3. The van der Waals surface area contributed by atoms with Gasteiger partial charge in [0.2, 0.25) is 0 Å². The van der Waals surface area contributed by atoms with E-state index in [1.54, 1.807) is 0 Å². The van der Waals surface area contributed by atoms with E-state index < -0.39 is 51.8 Å². The van der Waals surface area contributed by atoms with Crippen molar-refractivity contribution in [3.8, 4) is 0 Å². The molecule has 10 nitrogen and oxygen atoms in total. The quantitative estimate of drug-likeness (QED) is 0.0244. The summed E-state index contributed by atoms with van der Waals surface area (Å²) < 4.78 is 32.6. The fraction of sp³-hybridized carbons (Fsp3) is 0.846. The van der Waals surface area contributed by atoms with E-state index in [4.69, 9.17) is 19.1 Å². The average Bonchev–Trinajstić information content (AvgIpc) is 3.10. The van der Waals surface area contributed by atoms with E-state index in [9.17, 15) is 24.2 Å². The maximum absolute atomic E-state index is 12.5. The van der Waals surface area contributed by atoms with Gasteiger partial charge < -0.3 is 24.6 Å². The molecule has 0 amide bonds. The summed E-state index contributed by atoms with van der Waals surface area (Å²) in [7, 11) is -4.61. The zero-order valence-corrected chi connectivity index (χ0v) is 32.5. The number of allylic oxidation sites excluding steroid dienone is 4. The van der Waals surface area contributed by atoms with Crippen LogP contribution in [-0.2, 0) is 32.7 Å². The van der Waals surface area contributed by atoms with Gasteiger partial charge in [-0.15, -0.1) is 0 Å². The number of phosphoric acid groups is 1. The average molecular weight is 733 g/mol. The Morgan fingerprint density at radius 1 is 0.600 bits per heavy atom. The molecule has 0 aliphatic rings. The monoisotopic (exact) mass is 732 g/mol. The van der Waals surface area contributed by atoms with Crippen LogP contribution < -0.4 is 0 Å². The number of aliphatic hydroxyl groups is 2. The predicted molar refractivity (Wildman–Crippen MR) is 201 cm³/mol. The van der Waals surface area contributed by atoms with Crippen molar-refractivity contribution < 1.29 is 47.8 Å². The Hall–Kier alpha value is -1.55. The fourth-order valence-corrected chi connectivity index (χ4v) is 6.03. The Morgan fingerprint density at radius 3 is 1.60 bits per heavy atom. The number of carbonyl (C=O) groups excluding carboxylic acids is 2. The van der Waals surface area contributed by atoms with E-state index in [-0.39, 0.29) is 19.4 Å². The Bertz CT molecular complexity index is 894. The minimum absolute atomic E-state index is 0.170. The van der Waals surface area contributed by atoms with Crippen LogP contribution in [0.4, 0.5) is 0 Å². The second-order valence-corrected chi connectivity index (χ2v) is 14.8. The standard InChI is InChI=1S/C39H73O10P/c1-3-5-7-9-11-13-15-17-19-21-23-25-27-29-31-39(43)49-37(35-48-50(44,45)47-33-36(41)32-40)34-46-38(42)30-28-26-24-22-20-18-16-14-12-10-8-6-4-2/h9,11,15,17,36-37,40-41H,3-8,10,12-14,16,18-35H2,1-2H3,(H,44,45)/b11-9-,17-15-/t36-,37+/m0/s1.